The van der Waals surface area contributed by atoms with Crippen molar-refractivity contribution in [1.29, 1.82) is 0 Å². The van der Waals surface area contributed by atoms with Gasteiger partial charge in [-0.3, -0.25) is 14.6 Å². The number of sulfone groups is 1. The first-order chi connectivity index (χ1) is 21.9. The zero-order valence-corrected chi connectivity index (χ0v) is 27.1. The number of rotatable bonds is 16. The van der Waals surface area contributed by atoms with Crippen molar-refractivity contribution in [2.45, 2.75) is 64.6 Å². The standard InChI is InChI=1S/C26H36F2N2O4S.C6H6N2O.C2H2/c1-3-5-10-35(33,34)11-9-26(32)30-24(15-21-13-22(27)16-23(28)14-21)25(31)18-29-17-20-8-6-7-19(4-2)12-20;7-6(9)5-1-3-8-4-2-5;1-2/h6-8,12-14,16,24-25,29,31H,3-5,9-11,15,17-18H2,1-2H3,(H,30,32);1-4H,(H2,7,9);1-2H/t24-,25+;;/m0../s1. The lowest BCUT2D eigenvalue weighted by atomic mass is 10.0. The number of carbonyl (C=O) groups excluding carboxylic acids is 2. The molecule has 46 heavy (non-hydrogen) atoms. The molecule has 0 aliphatic heterocycles. The molecule has 250 valence electrons. The number of amides is 2. The first-order valence-corrected chi connectivity index (χ1v) is 16.7. The van der Waals surface area contributed by atoms with Crippen LogP contribution in [0.15, 0.2) is 67.0 Å². The van der Waals surface area contributed by atoms with Gasteiger partial charge in [-0.05, 0) is 60.2 Å². The van der Waals surface area contributed by atoms with Crippen LogP contribution in [-0.4, -0.2) is 60.5 Å². The molecule has 0 bridgehead atoms. The summed E-state index contributed by atoms with van der Waals surface area (Å²) in [6.45, 7) is 4.57. The van der Waals surface area contributed by atoms with Crippen LogP contribution < -0.4 is 16.4 Å². The van der Waals surface area contributed by atoms with Gasteiger partial charge in [0.25, 0.3) is 0 Å². The number of hydrogen-bond donors (Lipinski definition) is 4. The van der Waals surface area contributed by atoms with E-state index in [9.17, 15) is 31.9 Å². The van der Waals surface area contributed by atoms with Gasteiger partial charge in [0.1, 0.15) is 11.6 Å². The number of hydrogen-bond acceptors (Lipinski definition) is 7. The smallest absolute Gasteiger partial charge is 0.248 e. The molecule has 9 nitrogen and oxygen atoms in total. The number of halogens is 2. The molecule has 0 unspecified atom stereocenters. The lowest BCUT2D eigenvalue weighted by Crippen LogP contribution is -2.49. The number of aliphatic hydroxyl groups is 1. The van der Waals surface area contributed by atoms with Crippen molar-refractivity contribution in [2.24, 2.45) is 5.73 Å². The van der Waals surface area contributed by atoms with Gasteiger partial charge in [0.05, 0.1) is 23.7 Å². The number of unbranched alkanes of at least 4 members (excludes halogenated alkanes) is 1. The highest BCUT2D eigenvalue weighted by atomic mass is 32.2. The maximum Gasteiger partial charge on any atom is 0.248 e. The Balaban J connectivity index is 0.000000814. The van der Waals surface area contributed by atoms with Gasteiger partial charge in [0.2, 0.25) is 11.8 Å². The minimum Gasteiger partial charge on any atom is -0.390 e. The quantitative estimate of drug-likeness (QED) is 0.171. The van der Waals surface area contributed by atoms with Crippen LogP contribution in [0.1, 0.15) is 60.2 Å². The maximum atomic E-state index is 13.7. The number of aliphatic hydroxyl groups excluding tert-OH is 1. The molecule has 3 rings (SSSR count). The second kappa shape index (κ2) is 21.5. The number of benzene rings is 2. The molecule has 2 atom stereocenters. The predicted molar refractivity (Wildman–Crippen MR) is 176 cm³/mol. The Morgan fingerprint density at radius 3 is 2.15 bits per heavy atom. The lowest BCUT2D eigenvalue weighted by molar-refractivity contribution is -0.122. The molecule has 0 saturated carbocycles. The van der Waals surface area contributed by atoms with Crippen molar-refractivity contribution in [1.82, 2.24) is 15.6 Å². The van der Waals surface area contributed by atoms with Crippen LogP contribution in [0.5, 0.6) is 0 Å². The van der Waals surface area contributed by atoms with Crippen LogP contribution in [-0.2, 0) is 34.0 Å². The van der Waals surface area contributed by atoms with Crippen LogP contribution in [0, 0.1) is 24.5 Å². The van der Waals surface area contributed by atoms with E-state index in [1.807, 2.05) is 25.1 Å². The number of primary amides is 1. The lowest BCUT2D eigenvalue weighted by Gasteiger charge is -2.25. The molecule has 1 heterocycles. The average molecular weight is 659 g/mol. The zero-order chi connectivity index (χ0) is 34.5. The number of nitrogens with one attached hydrogen (secondary N) is 2. The van der Waals surface area contributed by atoms with Crippen molar-refractivity contribution >= 4 is 21.7 Å². The van der Waals surface area contributed by atoms with Gasteiger partial charge in [0, 0.05) is 43.5 Å². The summed E-state index contributed by atoms with van der Waals surface area (Å²) in [6, 6.07) is 13.3. The van der Waals surface area contributed by atoms with E-state index in [0.29, 0.717) is 18.5 Å². The van der Waals surface area contributed by atoms with Gasteiger partial charge in [0.15, 0.2) is 9.84 Å². The Morgan fingerprint density at radius 2 is 1.59 bits per heavy atom. The normalized spacial score (nSPS) is 12.0. The molecule has 0 radical (unpaired) electrons. The summed E-state index contributed by atoms with van der Waals surface area (Å²) in [5, 5.41) is 16.6. The topological polar surface area (TPSA) is 151 Å². The van der Waals surface area contributed by atoms with E-state index in [1.54, 1.807) is 12.1 Å². The van der Waals surface area contributed by atoms with Crippen LogP contribution >= 0.6 is 0 Å². The molecule has 5 N–H and O–H groups in total. The highest BCUT2D eigenvalue weighted by Gasteiger charge is 2.23. The molecule has 0 fully saturated rings. The Morgan fingerprint density at radius 1 is 0.957 bits per heavy atom. The van der Waals surface area contributed by atoms with Gasteiger partial charge in [-0.15, -0.1) is 12.8 Å². The second-order valence-corrected chi connectivity index (χ2v) is 12.7. The molecule has 0 aliphatic carbocycles. The molecule has 3 aromatic rings. The number of terminal acetylenes is 1. The van der Waals surface area contributed by atoms with E-state index in [-0.39, 0.29) is 36.5 Å². The number of aromatic nitrogens is 1. The zero-order valence-electron chi connectivity index (χ0n) is 26.3. The minimum atomic E-state index is -3.35. The molecular formula is C34H44F2N4O5S. The fourth-order valence-corrected chi connectivity index (χ4v) is 5.67. The Bertz CT molecular complexity index is 1470. The summed E-state index contributed by atoms with van der Waals surface area (Å²) >= 11 is 0. The summed E-state index contributed by atoms with van der Waals surface area (Å²) in [5.74, 6) is -2.73. The average Bonchev–Trinajstić information content (AvgIpc) is 3.04. The van der Waals surface area contributed by atoms with Gasteiger partial charge in [-0.2, -0.15) is 0 Å². The fourth-order valence-electron chi connectivity index (χ4n) is 4.24. The number of pyridine rings is 1. The summed E-state index contributed by atoms with van der Waals surface area (Å²) in [7, 11) is -3.35. The summed E-state index contributed by atoms with van der Waals surface area (Å²) in [6.07, 6.45) is 11.9. The highest BCUT2D eigenvalue weighted by Crippen LogP contribution is 2.13. The number of nitrogens with two attached hydrogens (primary N) is 1. The molecule has 0 spiro atoms. The molecule has 1 aromatic heterocycles. The second-order valence-electron chi connectivity index (χ2n) is 10.4. The van der Waals surface area contributed by atoms with Crippen molar-refractivity contribution < 1.29 is 31.9 Å². The van der Waals surface area contributed by atoms with Crippen LogP contribution in [0.2, 0.25) is 0 Å². The SMILES string of the molecule is C#C.CCCCS(=O)(=O)CCC(=O)N[C@@H](Cc1cc(F)cc(F)c1)[C@H](O)CNCc1cccc(CC)c1.NC(=O)c1ccncc1. The molecule has 0 saturated heterocycles. The molecule has 0 aliphatic rings. The van der Waals surface area contributed by atoms with E-state index in [2.05, 4.69) is 41.5 Å². The highest BCUT2D eigenvalue weighted by molar-refractivity contribution is 7.91. The van der Waals surface area contributed by atoms with Crippen molar-refractivity contribution in [3.05, 3.63) is 101 Å². The summed E-state index contributed by atoms with van der Waals surface area (Å²) < 4.78 is 51.5. The molecule has 12 heteroatoms. The van der Waals surface area contributed by atoms with Crippen molar-refractivity contribution in [3.8, 4) is 12.8 Å². The monoisotopic (exact) mass is 658 g/mol. The first kappa shape index (κ1) is 39.8. The Labute approximate surface area is 270 Å². The number of nitrogens with zero attached hydrogens (tertiary/aromatic N) is 1. The van der Waals surface area contributed by atoms with Gasteiger partial charge in [-0.1, -0.05) is 44.5 Å². The third kappa shape index (κ3) is 16.2. The molecular weight excluding hydrogens is 614 g/mol. The Kier molecular flexibility index (Phi) is 18.7. The maximum absolute atomic E-state index is 13.7. The van der Waals surface area contributed by atoms with E-state index in [4.69, 9.17) is 5.73 Å². The van der Waals surface area contributed by atoms with E-state index < -0.39 is 45.4 Å². The fraction of sp³-hybridized carbons (Fsp3) is 0.382. The largest absolute Gasteiger partial charge is 0.390 e. The number of aryl methyl sites for hydroxylation is 1. The molecule has 2 amide bonds. The predicted octanol–water partition coefficient (Wildman–Crippen LogP) is 3.74. The first-order valence-electron chi connectivity index (χ1n) is 14.9. The van der Waals surface area contributed by atoms with Crippen molar-refractivity contribution in [3.63, 3.8) is 0 Å². The van der Waals surface area contributed by atoms with Crippen LogP contribution in [0.4, 0.5) is 8.78 Å². The third-order valence-corrected chi connectivity index (χ3v) is 8.42. The summed E-state index contributed by atoms with van der Waals surface area (Å²) in [5.41, 5.74) is 7.95. The van der Waals surface area contributed by atoms with E-state index in [1.165, 1.54) is 18.0 Å². The van der Waals surface area contributed by atoms with Crippen molar-refractivity contribution in [2.75, 3.05) is 18.1 Å². The van der Waals surface area contributed by atoms with Gasteiger partial charge in [-0.25, -0.2) is 17.2 Å². The van der Waals surface area contributed by atoms with E-state index >= 15 is 0 Å². The Hall–Kier alpha value is -4.18. The summed E-state index contributed by atoms with van der Waals surface area (Å²) in [4.78, 5) is 26.6. The number of carbonyl (C=O) groups is 2. The van der Waals surface area contributed by atoms with Gasteiger partial charge >= 0.3 is 0 Å². The van der Waals surface area contributed by atoms with Crippen LogP contribution in [0.25, 0.3) is 0 Å². The minimum absolute atomic E-state index is 0.0167. The van der Waals surface area contributed by atoms with E-state index in [0.717, 1.165) is 36.6 Å². The van der Waals surface area contributed by atoms with Gasteiger partial charge < -0.3 is 21.5 Å². The third-order valence-electron chi connectivity index (χ3n) is 6.68. The van der Waals surface area contributed by atoms with Crippen LogP contribution in [0.3, 0.4) is 0 Å². The molecule has 2 aromatic carbocycles.